The van der Waals surface area contributed by atoms with Gasteiger partial charge < -0.3 is 14.2 Å². The van der Waals surface area contributed by atoms with Crippen LogP contribution in [0, 0.1) is 46.3 Å². The molecule has 9 nitrogen and oxygen atoms in total. The fourth-order valence-corrected chi connectivity index (χ4v) is 13.0. The number of benzene rings is 3. The molecule has 364 valence electrons. The zero-order valence-corrected chi connectivity index (χ0v) is 42.0. The summed E-state index contributed by atoms with van der Waals surface area (Å²) in [5, 5.41) is 8.48. The minimum Gasteiger partial charge on any atom is -0.494 e. The van der Waals surface area contributed by atoms with Crippen molar-refractivity contribution in [3.63, 3.8) is 0 Å². The van der Waals surface area contributed by atoms with Gasteiger partial charge in [-0.25, -0.2) is 14.3 Å². The number of hydrogen-bond donors (Lipinski definition) is 0. The average Bonchev–Trinajstić information content (AvgIpc) is 3.98. The minimum atomic E-state index is -0.422. The molecule has 0 spiro atoms. The van der Waals surface area contributed by atoms with Crippen LogP contribution in [0.2, 0.25) is 0 Å². The van der Waals surface area contributed by atoms with Crippen LogP contribution in [-0.4, -0.2) is 45.9 Å². The monoisotopic (exact) mass is 923 g/mol. The highest BCUT2D eigenvalue weighted by Gasteiger charge is 2.59. The number of fused-ring (bicyclic) bond motifs is 5. The van der Waals surface area contributed by atoms with Gasteiger partial charge in [-0.15, -0.1) is 5.10 Å². The Balaban J connectivity index is 0.779. The van der Waals surface area contributed by atoms with Gasteiger partial charge in [0, 0.05) is 12.6 Å². The van der Waals surface area contributed by atoms with Crippen LogP contribution in [0.15, 0.2) is 95.6 Å². The van der Waals surface area contributed by atoms with E-state index in [9.17, 15) is 9.59 Å². The number of rotatable bonds is 21. The third-order valence-electron chi connectivity index (χ3n) is 16.9. The van der Waals surface area contributed by atoms with Crippen LogP contribution in [0.3, 0.4) is 0 Å². The SMILES string of the molecule is CCCCCCCCCOc1ccc(C(=O)Oc2ccc(C=Nc3ccc(-n4cc(C(=O)O[C@H]5CC[C@@]6(C)C(=CC[C@H]7[C@@H]8CC[C@H]([C@H](C)CCCC(C)C)[C@@]8(C)CC[C@@H]76)C5)nn4)cc3)cc2)cc1. The van der Waals surface area contributed by atoms with E-state index in [1.807, 2.05) is 48.5 Å². The van der Waals surface area contributed by atoms with Crippen molar-refractivity contribution in [2.75, 3.05) is 6.61 Å². The third kappa shape index (κ3) is 11.7. The van der Waals surface area contributed by atoms with Gasteiger partial charge in [0.2, 0.25) is 0 Å². The summed E-state index contributed by atoms with van der Waals surface area (Å²) in [6, 6.07) is 21.9. The second kappa shape index (κ2) is 22.6. The summed E-state index contributed by atoms with van der Waals surface area (Å²) < 4.78 is 19.2. The Morgan fingerprint density at radius 1 is 0.794 bits per heavy atom. The molecular formula is C59H78N4O5. The highest BCUT2D eigenvalue weighted by Crippen LogP contribution is 2.67. The number of hydrogen-bond acceptors (Lipinski definition) is 8. The first-order valence-electron chi connectivity index (χ1n) is 26.5. The maximum absolute atomic E-state index is 13.5. The van der Waals surface area contributed by atoms with Crippen molar-refractivity contribution in [3.8, 4) is 17.2 Å². The molecule has 0 amide bonds. The molecule has 8 atom stereocenters. The fourth-order valence-electron chi connectivity index (χ4n) is 13.0. The van der Waals surface area contributed by atoms with Gasteiger partial charge in [0.1, 0.15) is 17.6 Å². The number of esters is 2. The van der Waals surface area contributed by atoms with Crippen LogP contribution in [0.5, 0.6) is 11.5 Å². The standard InChI is InChI=1S/C59H78N4O5/c1-7-8-9-10-11-12-13-37-66-48-28-19-44(20-29-48)56(64)67-49-26-17-43(18-27-49)39-60-46-22-24-47(25-23-46)63-40-55(61-62-63)57(65)68-50-33-35-58(5)45(38-50)21-30-51-53-32-31-52(42(4)16-14-15-41(2)3)59(53,6)36-34-54(51)58/h17-29,39-42,50-54H,7-16,30-38H2,1-6H3/t42-,50+,51+,52-,53+,54+,58+,59-/m1/s1. The molecule has 4 aromatic rings. The first-order valence-corrected chi connectivity index (χ1v) is 26.5. The average molecular weight is 923 g/mol. The fraction of sp³-hybridized carbons (Fsp3) is 0.576. The number of unbranched alkanes of at least 4 members (excludes halogenated alkanes) is 6. The number of nitrogens with zero attached hydrogens (tertiary/aromatic N) is 4. The second-order valence-corrected chi connectivity index (χ2v) is 21.8. The van der Waals surface area contributed by atoms with E-state index in [4.69, 9.17) is 14.2 Å². The molecule has 3 fully saturated rings. The van der Waals surface area contributed by atoms with Gasteiger partial charge in [-0.2, -0.15) is 0 Å². The maximum atomic E-state index is 13.5. The lowest BCUT2D eigenvalue weighted by atomic mass is 9.47. The van der Waals surface area contributed by atoms with E-state index >= 15 is 0 Å². The van der Waals surface area contributed by atoms with E-state index in [0.717, 1.165) is 83.9 Å². The van der Waals surface area contributed by atoms with Crippen molar-refractivity contribution in [2.24, 2.45) is 51.3 Å². The van der Waals surface area contributed by atoms with Crippen molar-refractivity contribution in [3.05, 3.63) is 107 Å². The van der Waals surface area contributed by atoms with Crippen molar-refractivity contribution in [2.45, 2.75) is 163 Å². The van der Waals surface area contributed by atoms with Crippen LogP contribution in [0.4, 0.5) is 5.69 Å². The zero-order chi connectivity index (χ0) is 47.7. The topological polar surface area (TPSA) is 105 Å². The molecular weight excluding hydrogens is 845 g/mol. The van der Waals surface area contributed by atoms with E-state index in [-0.39, 0.29) is 17.2 Å². The molecule has 3 aromatic carbocycles. The molecule has 4 aliphatic rings. The molecule has 0 radical (unpaired) electrons. The summed E-state index contributed by atoms with van der Waals surface area (Å²) in [4.78, 5) is 30.9. The Bertz CT molecular complexity index is 2330. The van der Waals surface area contributed by atoms with Crippen molar-refractivity contribution in [1.29, 1.82) is 0 Å². The lowest BCUT2D eigenvalue weighted by molar-refractivity contribution is -0.0595. The third-order valence-corrected chi connectivity index (χ3v) is 16.9. The molecule has 0 N–H and O–H groups in total. The summed E-state index contributed by atoms with van der Waals surface area (Å²) in [5.41, 5.74) is 5.25. The van der Waals surface area contributed by atoms with Gasteiger partial charge in [-0.05, 0) is 176 Å². The smallest absolute Gasteiger partial charge is 0.360 e. The van der Waals surface area contributed by atoms with Crippen molar-refractivity contribution < 1.29 is 23.8 Å². The summed E-state index contributed by atoms with van der Waals surface area (Å²) in [5.74, 6) is 5.21. The van der Waals surface area contributed by atoms with Gasteiger partial charge in [0.05, 0.1) is 29.7 Å². The lowest BCUT2D eigenvalue weighted by Gasteiger charge is -2.58. The van der Waals surface area contributed by atoms with E-state index < -0.39 is 11.9 Å². The first-order chi connectivity index (χ1) is 32.9. The predicted molar refractivity (Wildman–Crippen MR) is 272 cm³/mol. The molecule has 4 aliphatic carbocycles. The quantitative estimate of drug-likeness (QED) is 0.0269. The number of carbonyl (C=O) groups is 2. The first kappa shape index (κ1) is 49.4. The van der Waals surface area contributed by atoms with E-state index in [2.05, 4.69) is 62.9 Å². The van der Waals surface area contributed by atoms with Crippen molar-refractivity contribution in [1.82, 2.24) is 15.0 Å². The zero-order valence-electron chi connectivity index (χ0n) is 42.0. The Hall–Kier alpha value is -5.05. The maximum Gasteiger partial charge on any atom is 0.360 e. The van der Waals surface area contributed by atoms with Crippen LogP contribution < -0.4 is 9.47 Å². The minimum absolute atomic E-state index is 0.142. The Morgan fingerprint density at radius 3 is 2.28 bits per heavy atom. The molecule has 0 saturated heterocycles. The molecule has 0 unspecified atom stereocenters. The van der Waals surface area contributed by atoms with Crippen LogP contribution in [0.25, 0.3) is 5.69 Å². The van der Waals surface area contributed by atoms with Gasteiger partial charge in [0.15, 0.2) is 5.69 Å². The van der Waals surface area contributed by atoms with Gasteiger partial charge in [0.25, 0.3) is 0 Å². The molecule has 1 aromatic heterocycles. The summed E-state index contributed by atoms with van der Waals surface area (Å²) >= 11 is 0. The van der Waals surface area contributed by atoms with Gasteiger partial charge in [-0.1, -0.05) is 116 Å². The summed E-state index contributed by atoms with van der Waals surface area (Å²) in [6.45, 7) is 15.4. The summed E-state index contributed by atoms with van der Waals surface area (Å²) in [6.07, 6.45) is 28.1. The van der Waals surface area contributed by atoms with Crippen LogP contribution >= 0.6 is 0 Å². The molecule has 0 aliphatic heterocycles. The van der Waals surface area contributed by atoms with Gasteiger partial charge in [-0.3, -0.25) is 4.99 Å². The number of carbonyl (C=O) groups excluding carboxylic acids is 2. The van der Waals surface area contributed by atoms with Crippen LogP contribution in [0.1, 0.15) is 184 Å². The molecule has 3 saturated carbocycles. The van der Waals surface area contributed by atoms with Crippen molar-refractivity contribution >= 4 is 23.8 Å². The second-order valence-electron chi connectivity index (χ2n) is 21.8. The molecule has 9 heteroatoms. The molecule has 0 bridgehead atoms. The van der Waals surface area contributed by atoms with E-state index in [0.29, 0.717) is 23.3 Å². The van der Waals surface area contributed by atoms with Gasteiger partial charge >= 0.3 is 11.9 Å². The molecule has 1 heterocycles. The number of aromatic nitrogens is 3. The van der Waals surface area contributed by atoms with E-state index in [1.165, 1.54) is 95.5 Å². The Kier molecular flexibility index (Phi) is 16.4. The Labute approximate surface area is 406 Å². The predicted octanol–water partition coefficient (Wildman–Crippen LogP) is 14.9. The normalized spacial score (nSPS) is 25.9. The number of ether oxygens (including phenoxy) is 3. The number of allylic oxidation sites excluding steroid dienone is 1. The highest BCUT2D eigenvalue weighted by molar-refractivity contribution is 5.91. The highest BCUT2D eigenvalue weighted by atomic mass is 16.5. The Morgan fingerprint density at radius 2 is 1.53 bits per heavy atom. The van der Waals surface area contributed by atoms with Crippen LogP contribution in [-0.2, 0) is 4.74 Å². The van der Waals surface area contributed by atoms with E-state index in [1.54, 1.807) is 41.4 Å². The summed E-state index contributed by atoms with van der Waals surface area (Å²) in [7, 11) is 0. The molecule has 8 rings (SSSR count). The largest absolute Gasteiger partial charge is 0.494 e. The molecule has 68 heavy (non-hydrogen) atoms. The lowest BCUT2D eigenvalue weighted by Crippen LogP contribution is -2.51. The number of aliphatic imine (C=N–C) groups is 1.